The fourth-order valence-electron chi connectivity index (χ4n) is 1.34. The van der Waals surface area contributed by atoms with E-state index in [1.807, 2.05) is 0 Å². The van der Waals surface area contributed by atoms with Crippen molar-refractivity contribution in [2.45, 2.75) is 13.3 Å². The number of esters is 1. The lowest BCUT2D eigenvalue weighted by Crippen LogP contribution is -2.20. The van der Waals surface area contributed by atoms with Gasteiger partial charge in [0.05, 0.1) is 18.2 Å². The van der Waals surface area contributed by atoms with Crippen LogP contribution < -0.4 is 5.32 Å². The summed E-state index contributed by atoms with van der Waals surface area (Å²) in [7, 11) is 1.27. The number of hydrogen-bond donors (Lipinski definition) is 2. The Morgan fingerprint density at radius 3 is 2.74 bits per heavy atom. The van der Waals surface area contributed by atoms with Crippen LogP contribution in [0.1, 0.15) is 29.3 Å². The molecule has 0 aromatic heterocycles. The molecule has 0 aliphatic carbocycles. The van der Waals surface area contributed by atoms with Crippen molar-refractivity contribution >= 4 is 11.9 Å². The summed E-state index contributed by atoms with van der Waals surface area (Å²) in [5.74, 6) is 4.89. The molecule has 0 saturated heterocycles. The van der Waals surface area contributed by atoms with Crippen LogP contribution >= 0.6 is 0 Å². The second-order valence-corrected chi connectivity index (χ2v) is 3.76. The smallest absolute Gasteiger partial charge is 0.337 e. The number of carbonyl (C=O) groups excluding carboxylic acids is 2. The van der Waals surface area contributed by atoms with Gasteiger partial charge in [-0.15, -0.1) is 0 Å². The van der Waals surface area contributed by atoms with Crippen LogP contribution in [0.5, 0.6) is 5.75 Å². The van der Waals surface area contributed by atoms with Crippen molar-refractivity contribution in [3.63, 3.8) is 0 Å². The number of ether oxygens (including phenoxy) is 1. The predicted octanol–water partition coefficient (Wildman–Crippen LogP) is 1.06. The van der Waals surface area contributed by atoms with Crippen LogP contribution in [0.4, 0.5) is 0 Å². The number of methoxy groups -OCH3 is 1. The number of benzene rings is 1. The average Bonchev–Trinajstić information content (AvgIpc) is 2.38. The molecule has 0 unspecified atom stereocenters. The molecular formula is C14H15NO4. The van der Waals surface area contributed by atoms with Gasteiger partial charge in [-0.25, -0.2) is 4.79 Å². The molecule has 5 heteroatoms. The maximum Gasteiger partial charge on any atom is 0.337 e. The van der Waals surface area contributed by atoms with Crippen molar-refractivity contribution in [2.75, 3.05) is 13.7 Å². The van der Waals surface area contributed by atoms with Gasteiger partial charge in [0.15, 0.2) is 0 Å². The Morgan fingerprint density at radius 1 is 1.42 bits per heavy atom. The van der Waals surface area contributed by atoms with E-state index in [1.54, 1.807) is 6.07 Å². The molecule has 0 aliphatic heterocycles. The van der Waals surface area contributed by atoms with E-state index in [0.717, 1.165) is 0 Å². The van der Waals surface area contributed by atoms with Gasteiger partial charge in [0.1, 0.15) is 5.75 Å². The lowest BCUT2D eigenvalue weighted by molar-refractivity contribution is -0.118. The first-order valence-electron chi connectivity index (χ1n) is 5.69. The van der Waals surface area contributed by atoms with Crippen LogP contribution in [0.25, 0.3) is 0 Å². The fraction of sp³-hybridized carbons (Fsp3) is 0.286. The first-order valence-corrected chi connectivity index (χ1v) is 5.69. The van der Waals surface area contributed by atoms with E-state index in [2.05, 4.69) is 21.9 Å². The standard InChI is InChI=1S/C14H15NO4/c1-10(16)15-8-4-3-5-11-6-7-12(9-13(11)17)14(18)19-2/h6-7,9,17H,4,8H2,1-2H3,(H,15,16). The number of carbonyl (C=O) groups is 2. The van der Waals surface area contributed by atoms with Crippen LogP contribution in [-0.2, 0) is 9.53 Å². The molecule has 0 spiro atoms. The Balaban J connectivity index is 2.67. The minimum Gasteiger partial charge on any atom is -0.507 e. The molecule has 1 aromatic rings. The summed E-state index contributed by atoms with van der Waals surface area (Å²) in [5.41, 5.74) is 0.694. The van der Waals surface area contributed by atoms with E-state index >= 15 is 0 Å². The van der Waals surface area contributed by atoms with Gasteiger partial charge in [0.2, 0.25) is 5.91 Å². The second kappa shape index (κ2) is 7.07. The highest BCUT2D eigenvalue weighted by atomic mass is 16.5. The highest BCUT2D eigenvalue weighted by Gasteiger charge is 2.07. The third kappa shape index (κ3) is 4.72. The van der Waals surface area contributed by atoms with Gasteiger partial charge in [0, 0.05) is 19.9 Å². The van der Waals surface area contributed by atoms with Gasteiger partial charge in [-0.05, 0) is 18.2 Å². The number of amides is 1. The molecule has 0 aliphatic rings. The third-order valence-electron chi connectivity index (χ3n) is 2.27. The average molecular weight is 261 g/mol. The molecular weight excluding hydrogens is 246 g/mol. The Hall–Kier alpha value is -2.48. The number of phenols is 1. The molecule has 0 fully saturated rings. The topological polar surface area (TPSA) is 75.6 Å². The number of rotatable bonds is 3. The molecule has 19 heavy (non-hydrogen) atoms. The van der Waals surface area contributed by atoms with Crippen molar-refractivity contribution in [1.82, 2.24) is 5.32 Å². The Kier molecular flexibility index (Phi) is 5.42. The van der Waals surface area contributed by atoms with Crippen LogP contribution in [0.3, 0.4) is 0 Å². The zero-order valence-electron chi connectivity index (χ0n) is 10.8. The van der Waals surface area contributed by atoms with Gasteiger partial charge >= 0.3 is 5.97 Å². The molecule has 0 bridgehead atoms. The van der Waals surface area contributed by atoms with E-state index in [4.69, 9.17) is 0 Å². The second-order valence-electron chi connectivity index (χ2n) is 3.76. The normalized spacial score (nSPS) is 9.16. The highest BCUT2D eigenvalue weighted by molar-refractivity contribution is 5.90. The molecule has 5 nitrogen and oxygen atoms in total. The molecule has 0 atom stereocenters. The summed E-state index contributed by atoms with van der Waals surface area (Å²) in [6.07, 6.45) is 0.484. The number of aromatic hydroxyl groups is 1. The van der Waals surface area contributed by atoms with Crippen molar-refractivity contribution in [1.29, 1.82) is 0 Å². The van der Waals surface area contributed by atoms with Gasteiger partial charge in [0.25, 0.3) is 0 Å². The van der Waals surface area contributed by atoms with Crippen LogP contribution in [0, 0.1) is 11.8 Å². The third-order valence-corrected chi connectivity index (χ3v) is 2.27. The maximum atomic E-state index is 11.2. The van der Waals surface area contributed by atoms with Gasteiger partial charge in [-0.3, -0.25) is 4.79 Å². The number of hydrogen-bond acceptors (Lipinski definition) is 4. The minimum absolute atomic E-state index is 0.0741. The van der Waals surface area contributed by atoms with Crippen LogP contribution in [0.2, 0.25) is 0 Å². The summed E-state index contributed by atoms with van der Waals surface area (Å²) in [6.45, 7) is 1.90. The lowest BCUT2D eigenvalue weighted by atomic mass is 10.1. The van der Waals surface area contributed by atoms with Gasteiger partial charge in [-0.1, -0.05) is 11.8 Å². The van der Waals surface area contributed by atoms with Crippen molar-refractivity contribution in [3.05, 3.63) is 29.3 Å². The van der Waals surface area contributed by atoms with E-state index in [-0.39, 0.29) is 17.2 Å². The summed E-state index contributed by atoms with van der Waals surface area (Å²) < 4.78 is 4.54. The lowest BCUT2D eigenvalue weighted by Gasteiger charge is -2.01. The molecule has 1 aromatic carbocycles. The number of phenolic OH excluding ortho intramolecular Hbond substituents is 1. The zero-order chi connectivity index (χ0) is 14.3. The van der Waals surface area contributed by atoms with Gasteiger partial charge in [-0.2, -0.15) is 0 Å². The SMILES string of the molecule is COC(=O)c1ccc(C#CCCNC(C)=O)c(O)c1. The monoisotopic (exact) mass is 261 g/mol. The quantitative estimate of drug-likeness (QED) is 0.484. The van der Waals surface area contributed by atoms with Gasteiger partial charge < -0.3 is 15.2 Å². The Morgan fingerprint density at radius 2 is 2.16 bits per heavy atom. The molecule has 0 saturated carbocycles. The molecule has 0 heterocycles. The molecule has 100 valence electrons. The molecule has 1 amide bonds. The summed E-state index contributed by atoms with van der Waals surface area (Å²) in [5, 5.41) is 12.3. The summed E-state index contributed by atoms with van der Waals surface area (Å²) >= 11 is 0. The molecule has 2 N–H and O–H groups in total. The maximum absolute atomic E-state index is 11.2. The highest BCUT2D eigenvalue weighted by Crippen LogP contribution is 2.18. The molecule has 1 rings (SSSR count). The van der Waals surface area contributed by atoms with E-state index < -0.39 is 5.97 Å². The summed E-state index contributed by atoms with van der Waals surface area (Å²) in [6, 6.07) is 4.39. The van der Waals surface area contributed by atoms with E-state index in [0.29, 0.717) is 18.5 Å². The summed E-state index contributed by atoms with van der Waals surface area (Å²) in [4.78, 5) is 21.8. The fourth-order valence-corrected chi connectivity index (χ4v) is 1.34. The van der Waals surface area contributed by atoms with E-state index in [9.17, 15) is 14.7 Å². The van der Waals surface area contributed by atoms with Crippen LogP contribution in [0.15, 0.2) is 18.2 Å². The minimum atomic E-state index is -0.513. The van der Waals surface area contributed by atoms with E-state index in [1.165, 1.54) is 26.2 Å². The van der Waals surface area contributed by atoms with Crippen molar-refractivity contribution < 1.29 is 19.4 Å². The number of nitrogens with one attached hydrogen (secondary N) is 1. The van der Waals surface area contributed by atoms with Crippen LogP contribution in [-0.4, -0.2) is 30.6 Å². The first-order chi connectivity index (χ1) is 9.04. The van der Waals surface area contributed by atoms with Crippen molar-refractivity contribution in [3.8, 4) is 17.6 Å². The Labute approximate surface area is 111 Å². The first kappa shape index (κ1) is 14.6. The Bertz CT molecular complexity index is 540. The largest absolute Gasteiger partial charge is 0.507 e. The predicted molar refractivity (Wildman–Crippen MR) is 69.6 cm³/mol. The van der Waals surface area contributed by atoms with Crippen molar-refractivity contribution in [2.24, 2.45) is 0 Å². The molecule has 0 radical (unpaired) electrons. The zero-order valence-corrected chi connectivity index (χ0v) is 10.8.